The number of pyridine rings is 2. The van der Waals surface area contributed by atoms with Crippen molar-refractivity contribution in [2.75, 3.05) is 11.9 Å². The standard InChI is InChI=1S/C20H18N6O2/c21-9-12-8-13-3-4-14(17(13)23-10-12)24-16(27)11-26-19(28)25-15-2-1-7-22-18(15)20(26)5-6-20/h1-2,7-8,10,14H,3-6,11H2,(H,24,27)(H,25,28)/t14-/m0/s1. The molecule has 3 aliphatic rings. The molecule has 2 aliphatic carbocycles. The predicted molar refractivity (Wildman–Crippen MR) is 99.0 cm³/mol. The van der Waals surface area contributed by atoms with Gasteiger partial charge in [-0.2, -0.15) is 5.26 Å². The van der Waals surface area contributed by atoms with Crippen molar-refractivity contribution in [1.82, 2.24) is 20.2 Å². The van der Waals surface area contributed by atoms with Crippen LogP contribution in [0.1, 0.15) is 47.8 Å². The highest BCUT2D eigenvalue weighted by molar-refractivity contribution is 5.96. The number of nitrogens with one attached hydrogen (secondary N) is 2. The molecule has 0 unspecified atom stereocenters. The molecule has 1 aliphatic heterocycles. The van der Waals surface area contributed by atoms with Crippen LogP contribution in [0.5, 0.6) is 0 Å². The highest BCUT2D eigenvalue weighted by atomic mass is 16.2. The van der Waals surface area contributed by atoms with E-state index in [1.54, 1.807) is 17.2 Å². The summed E-state index contributed by atoms with van der Waals surface area (Å²) in [5.74, 6) is -0.218. The molecule has 0 radical (unpaired) electrons. The van der Waals surface area contributed by atoms with Crippen LogP contribution >= 0.6 is 0 Å². The van der Waals surface area contributed by atoms with Crippen molar-refractivity contribution in [1.29, 1.82) is 5.26 Å². The average molecular weight is 374 g/mol. The zero-order valence-electron chi connectivity index (χ0n) is 15.1. The Kier molecular flexibility index (Phi) is 3.59. The summed E-state index contributed by atoms with van der Waals surface area (Å²) in [7, 11) is 0. The van der Waals surface area contributed by atoms with E-state index in [0.717, 1.165) is 48.3 Å². The summed E-state index contributed by atoms with van der Waals surface area (Å²) in [6.45, 7) is -0.0238. The number of nitrogens with zero attached hydrogens (tertiary/aromatic N) is 4. The van der Waals surface area contributed by atoms with E-state index in [2.05, 4.69) is 26.7 Å². The minimum atomic E-state index is -0.468. The highest BCUT2D eigenvalue weighted by Gasteiger charge is 2.56. The molecule has 1 saturated carbocycles. The third-order valence-electron chi connectivity index (χ3n) is 5.78. The number of carbonyl (C=O) groups is 2. The lowest BCUT2D eigenvalue weighted by atomic mass is 10.0. The second-order valence-corrected chi connectivity index (χ2v) is 7.49. The first-order chi connectivity index (χ1) is 13.6. The molecule has 0 bridgehead atoms. The van der Waals surface area contributed by atoms with E-state index in [4.69, 9.17) is 5.26 Å². The van der Waals surface area contributed by atoms with Gasteiger partial charge in [-0.25, -0.2) is 4.79 Å². The minimum Gasteiger partial charge on any atom is -0.346 e. The minimum absolute atomic E-state index is 0.0238. The number of rotatable bonds is 3. The maximum absolute atomic E-state index is 12.7. The Bertz CT molecular complexity index is 1040. The van der Waals surface area contributed by atoms with Gasteiger partial charge in [-0.1, -0.05) is 0 Å². The third kappa shape index (κ3) is 2.51. The fourth-order valence-electron chi connectivity index (χ4n) is 4.29. The summed E-state index contributed by atoms with van der Waals surface area (Å²) in [5.41, 5.74) is 3.42. The fourth-order valence-corrected chi connectivity index (χ4v) is 4.29. The maximum Gasteiger partial charge on any atom is 0.323 e. The maximum atomic E-state index is 12.7. The second-order valence-electron chi connectivity index (χ2n) is 7.49. The van der Waals surface area contributed by atoms with Gasteiger partial charge in [0.15, 0.2) is 0 Å². The van der Waals surface area contributed by atoms with Crippen LogP contribution in [-0.2, 0) is 16.8 Å². The molecule has 0 aromatic carbocycles. The molecule has 5 rings (SSSR count). The molecule has 1 fully saturated rings. The Labute approximate surface area is 161 Å². The normalized spacial score (nSPS) is 20.8. The molecule has 1 atom stereocenters. The number of amides is 3. The smallest absolute Gasteiger partial charge is 0.323 e. The average Bonchev–Trinajstić information content (AvgIpc) is 3.40. The summed E-state index contributed by atoms with van der Waals surface area (Å²) in [4.78, 5) is 35.8. The van der Waals surface area contributed by atoms with Gasteiger partial charge in [-0.05, 0) is 49.4 Å². The van der Waals surface area contributed by atoms with E-state index in [-0.39, 0.29) is 24.5 Å². The van der Waals surface area contributed by atoms with Gasteiger partial charge in [0.1, 0.15) is 12.6 Å². The quantitative estimate of drug-likeness (QED) is 0.853. The molecule has 0 saturated heterocycles. The van der Waals surface area contributed by atoms with Crippen molar-refractivity contribution >= 4 is 17.6 Å². The van der Waals surface area contributed by atoms with E-state index < -0.39 is 5.54 Å². The Morgan fingerprint density at radius 1 is 1.43 bits per heavy atom. The highest BCUT2D eigenvalue weighted by Crippen LogP contribution is 2.54. The van der Waals surface area contributed by atoms with E-state index in [0.29, 0.717) is 5.56 Å². The molecule has 28 heavy (non-hydrogen) atoms. The summed E-state index contributed by atoms with van der Waals surface area (Å²) >= 11 is 0. The number of fused-ring (bicyclic) bond motifs is 3. The van der Waals surface area contributed by atoms with Crippen molar-refractivity contribution in [3.8, 4) is 6.07 Å². The lowest BCUT2D eigenvalue weighted by Crippen LogP contribution is -2.52. The van der Waals surface area contributed by atoms with Crippen LogP contribution in [0.3, 0.4) is 0 Å². The van der Waals surface area contributed by atoms with Crippen molar-refractivity contribution in [3.05, 3.63) is 53.1 Å². The van der Waals surface area contributed by atoms with Gasteiger partial charge in [-0.3, -0.25) is 14.8 Å². The fraction of sp³-hybridized carbons (Fsp3) is 0.350. The first kappa shape index (κ1) is 16.7. The first-order valence-electron chi connectivity index (χ1n) is 9.33. The second kappa shape index (κ2) is 6.02. The number of hydrogen-bond acceptors (Lipinski definition) is 5. The van der Waals surface area contributed by atoms with Crippen molar-refractivity contribution in [2.45, 2.75) is 37.3 Å². The number of carbonyl (C=O) groups excluding carboxylic acids is 2. The Hall–Kier alpha value is -3.47. The van der Waals surface area contributed by atoms with Crippen LogP contribution in [0, 0.1) is 11.3 Å². The van der Waals surface area contributed by atoms with Gasteiger partial charge in [0.2, 0.25) is 5.91 Å². The molecule has 8 heteroatoms. The van der Waals surface area contributed by atoms with E-state index >= 15 is 0 Å². The van der Waals surface area contributed by atoms with Crippen LogP contribution in [0.4, 0.5) is 10.5 Å². The molecular formula is C20H18N6O2. The summed E-state index contributed by atoms with van der Waals surface area (Å²) in [6, 6.07) is 7.09. The SMILES string of the molecule is N#Cc1cnc2c(c1)CC[C@@H]2NC(=O)CN1C(=O)Nc2cccnc2C12CC2. The van der Waals surface area contributed by atoms with Gasteiger partial charge >= 0.3 is 6.03 Å². The largest absolute Gasteiger partial charge is 0.346 e. The number of nitriles is 1. The van der Waals surface area contributed by atoms with E-state index in [9.17, 15) is 9.59 Å². The predicted octanol–water partition coefficient (Wildman–Crippen LogP) is 1.99. The third-order valence-corrected chi connectivity index (χ3v) is 5.78. The Balaban J connectivity index is 1.33. The molecule has 3 heterocycles. The number of anilines is 1. The van der Waals surface area contributed by atoms with Crippen LogP contribution in [-0.4, -0.2) is 33.4 Å². The topological polar surface area (TPSA) is 111 Å². The monoisotopic (exact) mass is 374 g/mol. The molecule has 8 nitrogen and oxygen atoms in total. The lowest BCUT2D eigenvalue weighted by molar-refractivity contribution is -0.123. The van der Waals surface area contributed by atoms with E-state index in [1.165, 1.54) is 6.20 Å². The summed E-state index contributed by atoms with van der Waals surface area (Å²) in [5, 5.41) is 14.8. The molecule has 2 aromatic heterocycles. The van der Waals surface area contributed by atoms with Gasteiger partial charge in [0.25, 0.3) is 0 Å². The van der Waals surface area contributed by atoms with Crippen LogP contribution in [0.15, 0.2) is 30.6 Å². The number of hydrogen-bond donors (Lipinski definition) is 2. The molecular weight excluding hydrogens is 356 g/mol. The zero-order chi connectivity index (χ0) is 19.3. The number of aryl methyl sites for hydroxylation is 1. The molecule has 140 valence electrons. The Morgan fingerprint density at radius 2 is 2.29 bits per heavy atom. The Morgan fingerprint density at radius 3 is 3.07 bits per heavy atom. The molecule has 2 aromatic rings. The molecule has 1 spiro atoms. The van der Waals surface area contributed by atoms with Gasteiger partial charge < -0.3 is 15.5 Å². The van der Waals surface area contributed by atoms with Crippen molar-refractivity contribution < 1.29 is 9.59 Å². The van der Waals surface area contributed by atoms with Crippen LogP contribution < -0.4 is 10.6 Å². The molecule has 2 N–H and O–H groups in total. The molecule has 3 amide bonds. The van der Waals surface area contributed by atoms with Crippen LogP contribution in [0.2, 0.25) is 0 Å². The van der Waals surface area contributed by atoms with Gasteiger partial charge in [-0.15, -0.1) is 0 Å². The summed E-state index contributed by atoms with van der Waals surface area (Å²) in [6.07, 6.45) is 6.37. The number of aromatic nitrogens is 2. The van der Waals surface area contributed by atoms with Gasteiger partial charge in [0, 0.05) is 12.4 Å². The van der Waals surface area contributed by atoms with Gasteiger partial charge in [0.05, 0.1) is 34.2 Å². The lowest BCUT2D eigenvalue weighted by Gasteiger charge is -2.36. The summed E-state index contributed by atoms with van der Waals surface area (Å²) < 4.78 is 0. The van der Waals surface area contributed by atoms with Crippen molar-refractivity contribution in [2.24, 2.45) is 0 Å². The first-order valence-corrected chi connectivity index (χ1v) is 9.33. The van der Waals surface area contributed by atoms with E-state index in [1.807, 2.05) is 12.1 Å². The van der Waals surface area contributed by atoms with Crippen molar-refractivity contribution in [3.63, 3.8) is 0 Å². The zero-order valence-corrected chi connectivity index (χ0v) is 15.1. The number of urea groups is 1. The van der Waals surface area contributed by atoms with Crippen LogP contribution in [0.25, 0.3) is 0 Å².